The highest BCUT2D eigenvalue weighted by Gasteiger charge is 2.14. The van der Waals surface area contributed by atoms with Crippen LogP contribution in [0.25, 0.3) is 11.0 Å². The van der Waals surface area contributed by atoms with E-state index in [0.717, 1.165) is 10.9 Å². The van der Waals surface area contributed by atoms with Crippen LogP contribution in [-0.4, -0.2) is 13.1 Å². The minimum atomic E-state index is -0.363. The third kappa shape index (κ3) is 1.18. The van der Waals surface area contributed by atoms with Gasteiger partial charge in [0.25, 0.3) is 0 Å². The minimum Gasteiger partial charge on any atom is -0.465 e. The van der Waals surface area contributed by atoms with E-state index in [0.29, 0.717) is 11.1 Å². The quantitative estimate of drug-likeness (QED) is 0.648. The van der Waals surface area contributed by atoms with Crippen LogP contribution in [0.15, 0.2) is 28.9 Å². The van der Waals surface area contributed by atoms with Gasteiger partial charge < -0.3 is 9.15 Å². The lowest BCUT2D eigenvalue weighted by molar-refractivity contribution is 0.0602. The number of benzene rings is 1. The number of carbonyl (C=O) groups excluding carboxylic acids is 1. The summed E-state index contributed by atoms with van der Waals surface area (Å²) in [6, 6.07) is 5.65. The lowest BCUT2D eigenvalue weighted by atomic mass is 10.1. The SMILES string of the molecule is COC(=O)c1coc2cccc(C)c12. The van der Waals surface area contributed by atoms with Gasteiger partial charge in [0, 0.05) is 5.39 Å². The van der Waals surface area contributed by atoms with Crippen molar-refractivity contribution in [1.29, 1.82) is 0 Å². The van der Waals surface area contributed by atoms with Gasteiger partial charge in [-0.15, -0.1) is 0 Å². The topological polar surface area (TPSA) is 39.4 Å². The van der Waals surface area contributed by atoms with E-state index in [4.69, 9.17) is 4.42 Å². The predicted octanol–water partition coefficient (Wildman–Crippen LogP) is 2.53. The molecule has 0 amide bonds. The summed E-state index contributed by atoms with van der Waals surface area (Å²) < 4.78 is 9.91. The smallest absolute Gasteiger partial charge is 0.341 e. The third-order valence-electron chi connectivity index (χ3n) is 2.21. The highest BCUT2D eigenvalue weighted by molar-refractivity contribution is 6.04. The highest BCUT2D eigenvalue weighted by Crippen LogP contribution is 2.24. The fourth-order valence-electron chi connectivity index (χ4n) is 1.53. The molecule has 3 heteroatoms. The van der Waals surface area contributed by atoms with Gasteiger partial charge >= 0.3 is 5.97 Å². The van der Waals surface area contributed by atoms with Gasteiger partial charge in [-0.1, -0.05) is 12.1 Å². The van der Waals surface area contributed by atoms with Crippen LogP contribution in [0.2, 0.25) is 0 Å². The molecule has 1 aromatic carbocycles. The number of esters is 1. The van der Waals surface area contributed by atoms with Crippen LogP contribution in [0.3, 0.4) is 0 Å². The summed E-state index contributed by atoms with van der Waals surface area (Å²) in [4.78, 5) is 11.4. The molecular formula is C11H10O3. The first-order chi connectivity index (χ1) is 6.74. The van der Waals surface area contributed by atoms with Crippen LogP contribution in [0.4, 0.5) is 0 Å². The second-order valence-corrected chi connectivity index (χ2v) is 3.09. The van der Waals surface area contributed by atoms with E-state index in [1.54, 1.807) is 0 Å². The largest absolute Gasteiger partial charge is 0.465 e. The van der Waals surface area contributed by atoms with Crippen LogP contribution in [0.1, 0.15) is 15.9 Å². The molecule has 1 heterocycles. The van der Waals surface area contributed by atoms with Crippen molar-refractivity contribution >= 4 is 16.9 Å². The molecule has 2 aromatic rings. The molecule has 72 valence electrons. The molecule has 0 aliphatic carbocycles. The molecule has 0 saturated carbocycles. The summed E-state index contributed by atoms with van der Waals surface area (Å²) in [6.07, 6.45) is 1.43. The number of furan rings is 1. The van der Waals surface area contributed by atoms with Crippen LogP contribution in [0, 0.1) is 6.92 Å². The lowest BCUT2D eigenvalue weighted by Gasteiger charge is -1.97. The highest BCUT2D eigenvalue weighted by atomic mass is 16.5. The number of carbonyl (C=O) groups is 1. The maximum atomic E-state index is 11.4. The van der Waals surface area contributed by atoms with E-state index in [1.807, 2.05) is 25.1 Å². The summed E-state index contributed by atoms with van der Waals surface area (Å²) in [5.41, 5.74) is 2.21. The Labute approximate surface area is 81.3 Å². The van der Waals surface area contributed by atoms with Gasteiger partial charge in [-0.25, -0.2) is 4.79 Å². The first-order valence-corrected chi connectivity index (χ1v) is 4.29. The number of methoxy groups -OCH3 is 1. The Morgan fingerprint density at radius 3 is 2.93 bits per heavy atom. The van der Waals surface area contributed by atoms with Gasteiger partial charge in [-0.05, 0) is 18.6 Å². The molecule has 14 heavy (non-hydrogen) atoms. The number of hydrogen-bond acceptors (Lipinski definition) is 3. The van der Waals surface area contributed by atoms with Crippen LogP contribution in [0.5, 0.6) is 0 Å². The van der Waals surface area contributed by atoms with Gasteiger partial charge in [0.2, 0.25) is 0 Å². The van der Waals surface area contributed by atoms with Crippen molar-refractivity contribution in [2.45, 2.75) is 6.92 Å². The molecule has 0 aliphatic rings. The van der Waals surface area contributed by atoms with E-state index in [-0.39, 0.29) is 5.97 Å². The Bertz CT molecular complexity index is 482. The van der Waals surface area contributed by atoms with Crippen LogP contribution >= 0.6 is 0 Å². The van der Waals surface area contributed by atoms with Crippen LogP contribution in [-0.2, 0) is 4.74 Å². The number of fused-ring (bicyclic) bond motifs is 1. The Balaban J connectivity index is 2.73. The van der Waals surface area contributed by atoms with Crippen molar-refractivity contribution in [1.82, 2.24) is 0 Å². The van der Waals surface area contributed by atoms with Gasteiger partial charge in [0.1, 0.15) is 17.4 Å². The lowest BCUT2D eigenvalue weighted by Crippen LogP contribution is -1.99. The number of aryl methyl sites for hydroxylation is 1. The predicted molar refractivity (Wildman–Crippen MR) is 52.3 cm³/mol. The van der Waals surface area contributed by atoms with Crippen molar-refractivity contribution in [2.75, 3.05) is 7.11 Å². The Morgan fingerprint density at radius 1 is 1.43 bits per heavy atom. The Hall–Kier alpha value is -1.77. The Kier molecular flexibility index (Phi) is 2.00. The van der Waals surface area contributed by atoms with Crippen molar-refractivity contribution in [3.8, 4) is 0 Å². The van der Waals surface area contributed by atoms with Gasteiger partial charge in [-0.2, -0.15) is 0 Å². The standard InChI is InChI=1S/C11H10O3/c1-7-4-3-5-9-10(7)8(6-14-9)11(12)13-2/h3-6H,1-2H3. The molecule has 0 atom stereocenters. The summed E-state index contributed by atoms with van der Waals surface area (Å²) in [6.45, 7) is 1.93. The zero-order valence-electron chi connectivity index (χ0n) is 8.03. The minimum absolute atomic E-state index is 0.363. The van der Waals surface area contributed by atoms with E-state index in [1.165, 1.54) is 13.4 Å². The molecular weight excluding hydrogens is 180 g/mol. The first kappa shape index (κ1) is 8.81. The number of hydrogen-bond donors (Lipinski definition) is 0. The number of ether oxygens (including phenoxy) is 1. The molecule has 2 rings (SSSR count). The molecule has 0 fully saturated rings. The van der Waals surface area contributed by atoms with Gasteiger partial charge in [0.05, 0.1) is 7.11 Å². The maximum Gasteiger partial charge on any atom is 0.341 e. The molecule has 0 saturated heterocycles. The monoisotopic (exact) mass is 190 g/mol. The first-order valence-electron chi connectivity index (χ1n) is 4.29. The van der Waals surface area contributed by atoms with E-state index in [9.17, 15) is 4.79 Å². The Morgan fingerprint density at radius 2 is 2.21 bits per heavy atom. The normalized spacial score (nSPS) is 10.4. The average Bonchev–Trinajstić information content (AvgIpc) is 2.62. The van der Waals surface area contributed by atoms with E-state index >= 15 is 0 Å². The van der Waals surface area contributed by atoms with Crippen LogP contribution < -0.4 is 0 Å². The summed E-state index contributed by atoms with van der Waals surface area (Å²) >= 11 is 0. The zero-order valence-corrected chi connectivity index (χ0v) is 8.03. The average molecular weight is 190 g/mol. The zero-order chi connectivity index (χ0) is 10.1. The fourth-order valence-corrected chi connectivity index (χ4v) is 1.53. The molecule has 0 bridgehead atoms. The maximum absolute atomic E-state index is 11.4. The molecule has 3 nitrogen and oxygen atoms in total. The number of rotatable bonds is 1. The van der Waals surface area contributed by atoms with Crippen molar-refractivity contribution in [2.24, 2.45) is 0 Å². The molecule has 0 unspecified atom stereocenters. The molecule has 1 aromatic heterocycles. The van der Waals surface area contributed by atoms with Crippen molar-refractivity contribution in [3.05, 3.63) is 35.6 Å². The molecule has 0 N–H and O–H groups in total. The molecule has 0 aliphatic heterocycles. The summed E-state index contributed by atoms with van der Waals surface area (Å²) in [5.74, 6) is -0.363. The third-order valence-corrected chi connectivity index (χ3v) is 2.21. The van der Waals surface area contributed by atoms with Crippen molar-refractivity contribution in [3.63, 3.8) is 0 Å². The van der Waals surface area contributed by atoms with Crippen molar-refractivity contribution < 1.29 is 13.9 Å². The van der Waals surface area contributed by atoms with Gasteiger partial charge in [-0.3, -0.25) is 0 Å². The second-order valence-electron chi connectivity index (χ2n) is 3.09. The molecule has 0 radical (unpaired) electrons. The van der Waals surface area contributed by atoms with E-state index in [2.05, 4.69) is 4.74 Å². The second kappa shape index (κ2) is 3.18. The molecule has 0 spiro atoms. The van der Waals surface area contributed by atoms with E-state index < -0.39 is 0 Å². The summed E-state index contributed by atoms with van der Waals surface area (Å²) in [7, 11) is 1.36. The fraction of sp³-hybridized carbons (Fsp3) is 0.182. The summed E-state index contributed by atoms with van der Waals surface area (Å²) in [5, 5.41) is 0.833. The van der Waals surface area contributed by atoms with Gasteiger partial charge in [0.15, 0.2) is 0 Å².